The molecule has 0 aliphatic carbocycles. The number of nitrogens with one attached hydrogen (secondary N) is 1. The number of carbonyl (C=O) groups excluding carboxylic acids is 1. The first kappa shape index (κ1) is 21.1. The van der Waals surface area contributed by atoms with Gasteiger partial charge in [-0.05, 0) is 85.7 Å². The van der Waals surface area contributed by atoms with Crippen LogP contribution >= 0.6 is 0 Å². The number of amides is 1. The topological polar surface area (TPSA) is 44.7 Å². The van der Waals surface area contributed by atoms with E-state index >= 15 is 0 Å². The van der Waals surface area contributed by atoms with E-state index in [1.165, 1.54) is 11.3 Å². The maximum absolute atomic E-state index is 12.7. The largest absolute Gasteiger partial charge is 0.366 e. The highest BCUT2D eigenvalue weighted by atomic mass is 16.2. The first-order valence-electron chi connectivity index (χ1n) is 11.0. The standard InChI is InChI=1S/C27H31N3O/c1-6-30-25-14-18(2)21(15-24(25)19(3)16-27(30,4)5)17-28-29-26(31)23-13-9-11-20-10-7-8-12-22(20)23/h7-15,17,19H,6,16H2,1-5H3,(H,29,31)/b28-17-/t19-/m1/s1. The van der Waals surface area contributed by atoms with E-state index < -0.39 is 0 Å². The molecule has 0 saturated heterocycles. The Balaban J connectivity index is 1.59. The van der Waals surface area contributed by atoms with E-state index in [2.05, 4.69) is 62.2 Å². The lowest BCUT2D eigenvalue weighted by atomic mass is 9.79. The molecule has 160 valence electrons. The van der Waals surface area contributed by atoms with Gasteiger partial charge in [-0.15, -0.1) is 0 Å². The maximum Gasteiger partial charge on any atom is 0.271 e. The second-order valence-corrected chi connectivity index (χ2v) is 9.16. The molecule has 0 unspecified atom stereocenters. The minimum absolute atomic E-state index is 0.148. The Labute approximate surface area is 185 Å². The average Bonchev–Trinajstić information content (AvgIpc) is 2.73. The molecular weight excluding hydrogens is 382 g/mol. The van der Waals surface area contributed by atoms with E-state index in [4.69, 9.17) is 0 Å². The number of nitrogens with zero attached hydrogens (tertiary/aromatic N) is 2. The van der Waals surface area contributed by atoms with E-state index in [1.54, 1.807) is 6.21 Å². The third-order valence-corrected chi connectivity index (χ3v) is 6.49. The molecule has 0 spiro atoms. The molecule has 1 aliphatic heterocycles. The smallest absolute Gasteiger partial charge is 0.271 e. The summed E-state index contributed by atoms with van der Waals surface area (Å²) in [5, 5.41) is 6.26. The van der Waals surface area contributed by atoms with Crippen molar-refractivity contribution in [3.63, 3.8) is 0 Å². The number of aryl methyl sites for hydroxylation is 1. The summed E-state index contributed by atoms with van der Waals surface area (Å²) in [7, 11) is 0. The molecular formula is C27H31N3O. The third-order valence-electron chi connectivity index (χ3n) is 6.49. The molecule has 3 aromatic rings. The molecule has 4 heteroatoms. The molecule has 0 saturated carbocycles. The van der Waals surface area contributed by atoms with Crippen molar-refractivity contribution in [3.05, 3.63) is 76.9 Å². The molecule has 0 radical (unpaired) electrons. The zero-order valence-electron chi connectivity index (χ0n) is 19.1. The van der Waals surface area contributed by atoms with Crippen molar-refractivity contribution in [2.24, 2.45) is 5.10 Å². The molecule has 4 nitrogen and oxygen atoms in total. The second kappa shape index (κ2) is 8.18. The van der Waals surface area contributed by atoms with Gasteiger partial charge in [0.05, 0.1) is 6.21 Å². The SMILES string of the molecule is CCN1c2cc(C)c(/C=N\NC(=O)c3cccc4ccccc34)cc2[C@H](C)CC1(C)C. The lowest BCUT2D eigenvalue weighted by molar-refractivity contribution is 0.0957. The van der Waals surface area contributed by atoms with Crippen molar-refractivity contribution < 1.29 is 4.79 Å². The van der Waals surface area contributed by atoms with Crippen LogP contribution in [0.5, 0.6) is 0 Å². The summed E-state index contributed by atoms with van der Waals surface area (Å²) in [6.45, 7) is 12.3. The van der Waals surface area contributed by atoms with Gasteiger partial charge in [0, 0.05) is 23.3 Å². The van der Waals surface area contributed by atoms with Gasteiger partial charge in [0.15, 0.2) is 0 Å². The summed E-state index contributed by atoms with van der Waals surface area (Å²) in [4.78, 5) is 15.2. The van der Waals surface area contributed by atoms with Crippen LogP contribution in [0.1, 0.15) is 67.1 Å². The fraction of sp³-hybridized carbons (Fsp3) is 0.333. The Morgan fingerprint density at radius 1 is 1.19 bits per heavy atom. The maximum atomic E-state index is 12.7. The van der Waals surface area contributed by atoms with Gasteiger partial charge in [0.25, 0.3) is 5.91 Å². The zero-order chi connectivity index (χ0) is 22.2. The number of anilines is 1. The molecule has 1 N–H and O–H groups in total. The quantitative estimate of drug-likeness (QED) is 0.420. The summed E-state index contributed by atoms with van der Waals surface area (Å²) in [6, 6.07) is 18.1. The van der Waals surface area contributed by atoms with Crippen molar-refractivity contribution in [2.45, 2.75) is 52.5 Å². The number of benzene rings is 3. The van der Waals surface area contributed by atoms with Crippen LogP contribution < -0.4 is 10.3 Å². The predicted octanol–water partition coefficient (Wildman–Crippen LogP) is 6.02. The molecule has 0 aromatic heterocycles. The number of fused-ring (bicyclic) bond motifs is 2. The van der Waals surface area contributed by atoms with E-state index in [1.807, 2.05) is 42.5 Å². The van der Waals surface area contributed by atoms with Gasteiger partial charge in [0.2, 0.25) is 0 Å². The van der Waals surface area contributed by atoms with Crippen LogP contribution in [-0.2, 0) is 0 Å². The fourth-order valence-electron chi connectivity index (χ4n) is 5.03. The summed E-state index contributed by atoms with van der Waals surface area (Å²) in [5.74, 6) is 0.279. The molecule has 1 heterocycles. The van der Waals surface area contributed by atoms with Crippen LogP contribution in [0.3, 0.4) is 0 Å². The number of hydrogen-bond donors (Lipinski definition) is 1. The number of hydrazone groups is 1. The van der Waals surface area contributed by atoms with Gasteiger partial charge in [-0.3, -0.25) is 4.79 Å². The van der Waals surface area contributed by atoms with E-state index in [0.717, 1.165) is 34.9 Å². The normalized spacial score (nSPS) is 17.7. The van der Waals surface area contributed by atoms with Gasteiger partial charge in [-0.25, -0.2) is 5.43 Å². The van der Waals surface area contributed by atoms with E-state index in [0.29, 0.717) is 11.5 Å². The van der Waals surface area contributed by atoms with Crippen LogP contribution in [-0.4, -0.2) is 24.2 Å². The molecule has 1 aliphatic rings. The lowest BCUT2D eigenvalue weighted by Gasteiger charge is -2.47. The third kappa shape index (κ3) is 3.95. The zero-order valence-corrected chi connectivity index (χ0v) is 19.1. The van der Waals surface area contributed by atoms with Gasteiger partial charge >= 0.3 is 0 Å². The Bertz CT molecular complexity index is 1160. The van der Waals surface area contributed by atoms with Crippen molar-refractivity contribution >= 4 is 28.6 Å². The highest BCUT2D eigenvalue weighted by Gasteiger charge is 2.35. The molecule has 0 fully saturated rings. The minimum Gasteiger partial charge on any atom is -0.366 e. The van der Waals surface area contributed by atoms with Gasteiger partial charge in [-0.1, -0.05) is 43.3 Å². The summed E-state index contributed by atoms with van der Waals surface area (Å²) in [5.41, 5.74) is 8.37. The Morgan fingerprint density at radius 2 is 1.94 bits per heavy atom. The van der Waals surface area contributed by atoms with Gasteiger partial charge < -0.3 is 4.90 Å². The Hall–Kier alpha value is -3.14. The molecule has 3 aromatic carbocycles. The number of hydrogen-bond acceptors (Lipinski definition) is 3. The van der Waals surface area contributed by atoms with E-state index in [9.17, 15) is 4.79 Å². The fourth-order valence-corrected chi connectivity index (χ4v) is 5.03. The Kier molecular flexibility index (Phi) is 5.57. The number of rotatable bonds is 4. The van der Waals surface area contributed by atoms with Crippen molar-refractivity contribution in [3.8, 4) is 0 Å². The van der Waals surface area contributed by atoms with Gasteiger partial charge in [0.1, 0.15) is 0 Å². The number of carbonyl (C=O) groups is 1. The minimum atomic E-state index is -0.198. The highest BCUT2D eigenvalue weighted by Crippen LogP contribution is 2.44. The average molecular weight is 414 g/mol. The first-order valence-corrected chi connectivity index (χ1v) is 11.0. The highest BCUT2D eigenvalue weighted by molar-refractivity contribution is 6.07. The van der Waals surface area contributed by atoms with E-state index in [-0.39, 0.29) is 11.4 Å². The monoisotopic (exact) mass is 413 g/mol. The first-order chi connectivity index (χ1) is 14.8. The van der Waals surface area contributed by atoms with Gasteiger partial charge in [-0.2, -0.15) is 5.10 Å². The van der Waals surface area contributed by atoms with Crippen LogP contribution in [0.15, 0.2) is 59.7 Å². The van der Waals surface area contributed by atoms with Crippen molar-refractivity contribution in [2.75, 3.05) is 11.4 Å². The molecule has 1 amide bonds. The van der Waals surface area contributed by atoms with Crippen molar-refractivity contribution in [1.29, 1.82) is 0 Å². The summed E-state index contributed by atoms with van der Waals surface area (Å²) in [6.07, 6.45) is 2.88. The molecule has 1 atom stereocenters. The van der Waals surface area contributed by atoms with Crippen LogP contribution in [0.25, 0.3) is 10.8 Å². The summed E-state index contributed by atoms with van der Waals surface area (Å²) >= 11 is 0. The summed E-state index contributed by atoms with van der Waals surface area (Å²) < 4.78 is 0. The second-order valence-electron chi connectivity index (χ2n) is 9.16. The van der Waals surface area contributed by atoms with Crippen molar-refractivity contribution in [1.82, 2.24) is 5.43 Å². The van der Waals surface area contributed by atoms with Crippen LogP contribution in [0.4, 0.5) is 5.69 Å². The molecule has 4 rings (SSSR count). The van der Waals surface area contributed by atoms with Crippen LogP contribution in [0.2, 0.25) is 0 Å². The molecule has 31 heavy (non-hydrogen) atoms. The lowest BCUT2D eigenvalue weighted by Crippen LogP contribution is -2.48. The predicted molar refractivity (Wildman–Crippen MR) is 130 cm³/mol. The molecule has 0 bridgehead atoms. The van der Waals surface area contributed by atoms with Crippen LogP contribution in [0, 0.1) is 6.92 Å². The Morgan fingerprint density at radius 3 is 2.71 bits per heavy atom.